The fraction of sp³-hybridized carbons (Fsp3) is 0.667. The molecule has 20 heavy (non-hydrogen) atoms. The van der Waals surface area contributed by atoms with Crippen molar-refractivity contribution in [2.45, 2.75) is 57.5 Å². The maximum atomic E-state index is 11.6. The second-order valence-electron chi connectivity index (χ2n) is 7.81. The van der Waals surface area contributed by atoms with Crippen LogP contribution >= 0.6 is 0 Å². The normalized spacial score (nSPS) is 39.0. The van der Waals surface area contributed by atoms with E-state index >= 15 is 0 Å². The van der Waals surface area contributed by atoms with E-state index in [0.717, 1.165) is 25.7 Å². The first-order chi connectivity index (χ1) is 9.35. The molecule has 2 heteroatoms. The Morgan fingerprint density at radius 2 is 2.00 bits per heavy atom. The van der Waals surface area contributed by atoms with Crippen LogP contribution in [0.1, 0.15) is 51.2 Å². The topological polar surface area (TPSA) is 46.2 Å². The van der Waals surface area contributed by atoms with Gasteiger partial charge in [0.25, 0.3) is 0 Å². The van der Waals surface area contributed by atoms with Gasteiger partial charge in [-0.3, -0.25) is 0 Å². The van der Waals surface area contributed by atoms with Crippen LogP contribution in [0.5, 0.6) is 0 Å². The van der Waals surface area contributed by atoms with Gasteiger partial charge in [0.1, 0.15) is 0 Å². The highest BCUT2D eigenvalue weighted by atomic mass is 16.3. The van der Waals surface area contributed by atoms with Gasteiger partial charge in [0.15, 0.2) is 0 Å². The molecule has 0 aromatic heterocycles. The van der Waals surface area contributed by atoms with Gasteiger partial charge in [-0.05, 0) is 48.1 Å². The molecule has 0 amide bonds. The number of hydrogen-bond donors (Lipinski definition) is 2. The Kier molecular flexibility index (Phi) is 3.04. The summed E-state index contributed by atoms with van der Waals surface area (Å²) in [4.78, 5) is 0. The number of benzene rings is 1. The molecule has 3 N–H and O–H groups in total. The largest absolute Gasteiger partial charge is 0.389 e. The molecule has 2 aliphatic carbocycles. The molecule has 0 spiro atoms. The minimum atomic E-state index is -0.669. The van der Waals surface area contributed by atoms with Crippen LogP contribution in [0.2, 0.25) is 0 Å². The molecule has 0 aliphatic heterocycles. The molecule has 0 radical (unpaired) electrons. The van der Waals surface area contributed by atoms with E-state index in [0.29, 0.717) is 12.5 Å². The fourth-order valence-corrected chi connectivity index (χ4v) is 5.14. The summed E-state index contributed by atoms with van der Waals surface area (Å²) < 4.78 is 0. The van der Waals surface area contributed by atoms with Crippen LogP contribution in [0.3, 0.4) is 0 Å². The molecule has 3 unspecified atom stereocenters. The van der Waals surface area contributed by atoms with Crippen LogP contribution in [0.25, 0.3) is 0 Å². The van der Waals surface area contributed by atoms with Gasteiger partial charge in [0.2, 0.25) is 0 Å². The second kappa shape index (κ2) is 4.32. The molecule has 0 saturated heterocycles. The van der Waals surface area contributed by atoms with Crippen LogP contribution in [0.4, 0.5) is 0 Å². The number of fused-ring (bicyclic) bond motifs is 1. The van der Waals surface area contributed by atoms with Crippen molar-refractivity contribution in [3.63, 3.8) is 0 Å². The van der Waals surface area contributed by atoms with E-state index < -0.39 is 5.60 Å². The van der Waals surface area contributed by atoms with Gasteiger partial charge in [-0.25, -0.2) is 0 Å². The van der Waals surface area contributed by atoms with Gasteiger partial charge in [-0.1, -0.05) is 45.0 Å². The van der Waals surface area contributed by atoms with E-state index in [1.165, 1.54) is 11.1 Å². The van der Waals surface area contributed by atoms with Crippen molar-refractivity contribution in [1.82, 2.24) is 0 Å². The highest BCUT2D eigenvalue weighted by Gasteiger charge is 2.61. The van der Waals surface area contributed by atoms with E-state index in [9.17, 15) is 5.11 Å². The molecule has 3 rings (SSSR count). The van der Waals surface area contributed by atoms with Crippen molar-refractivity contribution in [2.75, 3.05) is 6.54 Å². The zero-order valence-electron chi connectivity index (χ0n) is 12.9. The lowest BCUT2D eigenvalue weighted by atomic mass is 9.63. The Labute approximate surface area is 122 Å². The molecule has 1 aromatic rings. The van der Waals surface area contributed by atoms with Crippen LogP contribution < -0.4 is 5.73 Å². The summed E-state index contributed by atoms with van der Waals surface area (Å²) in [6.45, 7) is 7.28. The smallest absolute Gasteiger partial charge is 0.0786 e. The van der Waals surface area contributed by atoms with Gasteiger partial charge in [0.05, 0.1) is 5.60 Å². The summed E-state index contributed by atoms with van der Waals surface area (Å²) in [5, 5.41) is 11.6. The van der Waals surface area contributed by atoms with E-state index in [2.05, 4.69) is 45.0 Å². The number of rotatable bonds is 2. The Morgan fingerprint density at radius 3 is 2.60 bits per heavy atom. The van der Waals surface area contributed by atoms with Crippen molar-refractivity contribution in [3.05, 3.63) is 35.4 Å². The highest BCUT2D eigenvalue weighted by molar-refractivity contribution is 5.43. The average molecular weight is 273 g/mol. The average Bonchev–Trinajstić information content (AvgIpc) is 2.86. The monoisotopic (exact) mass is 273 g/mol. The molecule has 110 valence electrons. The van der Waals surface area contributed by atoms with Gasteiger partial charge in [-0.15, -0.1) is 0 Å². The van der Waals surface area contributed by atoms with Gasteiger partial charge in [-0.2, -0.15) is 0 Å². The molecule has 2 aliphatic rings. The van der Waals surface area contributed by atoms with E-state index in [-0.39, 0.29) is 10.8 Å². The third kappa shape index (κ3) is 1.71. The summed E-state index contributed by atoms with van der Waals surface area (Å²) in [7, 11) is 0. The molecule has 2 nitrogen and oxygen atoms in total. The lowest BCUT2D eigenvalue weighted by Crippen LogP contribution is -2.56. The van der Waals surface area contributed by atoms with Crippen LogP contribution in [0, 0.1) is 11.3 Å². The summed E-state index contributed by atoms with van der Waals surface area (Å²) in [6.07, 6.45) is 3.96. The lowest BCUT2D eigenvalue weighted by Gasteiger charge is -2.46. The SMILES string of the molecule is CC1CC(C)(C)CC1(O)C1(CN)CCc2ccccc21. The van der Waals surface area contributed by atoms with E-state index in [1.54, 1.807) is 0 Å². The van der Waals surface area contributed by atoms with Crippen LogP contribution in [0.15, 0.2) is 24.3 Å². The zero-order valence-corrected chi connectivity index (χ0v) is 12.9. The molecule has 1 fully saturated rings. The van der Waals surface area contributed by atoms with E-state index in [1.807, 2.05) is 0 Å². The number of aliphatic hydroxyl groups is 1. The Bertz CT molecular complexity index is 524. The second-order valence-corrected chi connectivity index (χ2v) is 7.81. The van der Waals surface area contributed by atoms with Crippen molar-refractivity contribution in [2.24, 2.45) is 17.1 Å². The molecule has 1 aromatic carbocycles. The third-order valence-corrected chi connectivity index (χ3v) is 5.95. The lowest BCUT2D eigenvalue weighted by molar-refractivity contribution is -0.0677. The summed E-state index contributed by atoms with van der Waals surface area (Å²) >= 11 is 0. The Balaban J connectivity index is 2.12. The Morgan fingerprint density at radius 1 is 1.30 bits per heavy atom. The van der Waals surface area contributed by atoms with Gasteiger partial charge < -0.3 is 10.8 Å². The maximum Gasteiger partial charge on any atom is 0.0786 e. The zero-order chi connectivity index (χ0) is 14.6. The summed E-state index contributed by atoms with van der Waals surface area (Å²) in [5.41, 5.74) is 8.20. The summed E-state index contributed by atoms with van der Waals surface area (Å²) in [6, 6.07) is 8.56. The molecule has 0 bridgehead atoms. The van der Waals surface area contributed by atoms with Crippen LogP contribution in [-0.2, 0) is 11.8 Å². The van der Waals surface area contributed by atoms with Crippen molar-refractivity contribution in [1.29, 1.82) is 0 Å². The molecular formula is C18H27NO. The van der Waals surface area contributed by atoms with Crippen molar-refractivity contribution < 1.29 is 5.11 Å². The molecule has 1 saturated carbocycles. The fourth-order valence-electron chi connectivity index (χ4n) is 5.14. The molecule has 0 heterocycles. The molecular weight excluding hydrogens is 246 g/mol. The standard InChI is InChI=1S/C18H27NO/c1-13-10-16(2,3)11-18(13,20)17(12-19)9-8-14-6-4-5-7-15(14)17/h4-7,13,20H,8-12,19H2,1-3H3. The van der Waals surface area contributed by atoms with Crippen LogP contribution in [-0.4, -0.2) is 17.3 Å². The minimum Gasteiger partial charge on any atom is -0.389 e. The Hall–Kier alpha value is -0.860. The number of aryl methyl sites for hydroxylation is 1. The minimum absolute atomic E-state index is 0.202. The van der Waals surface area contributed by atoms with Gasteiger partial charge >= 0.3 is 0 Å². The first-order valence-corrected chi connectivity index (χ1v) is 7.85. The third-order valence-electron chi connectivity index (χ3n) is 5.95. The van der Waals surface area contributed by atoms with Crippen molar-refractivity contribution >= 4 is 0 Å². The van der Waals surface area contributed by atoms with E-state index in [4.69, 9.17) is 5.73 Å². The predicted octanol–water partition coefficient (Wildman–Crippen LogP) is 3.02. The first-order valence-electron chi connectivity index (χ1n) is 7.85. The number of nitrogens with two attached hydrogens (primary N) is 1. The summed E-state index contributed by atoms with van der Waals surface area (Å²) in [5.74, 6) is 0.298. The maximum absolute atomic E-state index is 11.6. The predicted molar refractivity (Wildman–Crippen MR) is 82.6 cm³/mol. The molecule has 3 atom stereocenters. The first kappa shape index (κ1) is 14.1. The van der Waals surface area contributed by atoms with Gasteiger partial charge in [0, 0.05) is 12.0 Å². The highest BCUT2D eigenvalue weighted by Crippen LogP contribution is 2.58. The quantitative estimate of drug-likeness (QED) is 0.870. The number of hydrogen-bond acceptors (Lipinski definition) is 2. The van der Waals surface area contributed by atoms with Crippen molar-refractivity contribution in [3.8, 4) is 0 Å².